The number of hydrogen-bond acceptors (Lipinski definition) is 4. The van der Waals surface area contributed by atoms with Crippen LogP contribution in [0.25, 0.3) is 0 Å². The molecule has 0 saturated heterocycles. The van der Waals surface area contributed by atoms with E-state index in [1.165, 1.54) is 0 Å². The molecule has 0 spiro atoms. The summed E-state index contributed by atoms with van der Waals surface area (Å²) in [5.74, 6) is 0. The molecule has 1 aliphatic rings. The highest BCUT2D eigenvalue weighted by atomic mass is 32.2. The molecular weight excluding hydrogens is 324 g/mol. The van der Waals surface area contributed by atoms with Gasteiger partial charge in [0.15, 0.2) is 0 Å². The summed E-state index contributed by atoms with van der Waals surface area (Å²) in [6, 6.07) is 8.95. The summed E-state index contributed by atoms with van der Waals surface area (Å²) in [4.78, 5) is 2.40. The van der Waals surface area contributed by atoms with Crippen molar-refractivity contribution < 1.29 is 8.42 Å². The number of benzene rings is 1. The van der Waals surface area contributed by atoms with Gasteiger partial charge < -0.3 is 4.90 Å². The highest BCUT2D eigenvalue weighted by Crippen LogP contribution is 2.26. The van der Waals surface area contributed by atoms with Gasteiger partial charge in [-0.25, -0.2) is 8.42 Å². The van der Waals surface area contributed by atoms with Crippen LogP contribution >= 0.6 is 0 Å². The van der Waals surface area contributed by atoms with Gasteiger partial charge in [0.2, 0.25) is 10.0 Å². The molecular formula is C17H24N4O2S. The van der Waals surface area contributed by atoms with Gasteiger partial charge in [0.05, 0.1) is 17.1 Å². The van der Waals surface area contributed by atoms with Gasteiger partial charge in [-0.15, -0.1) is 0 Å². The van der Waals surface area contributed by atoms with Crippen molar-refractivity contribution in [2.24, 2.45) is 0 Å². The van der Waals surface area contributed by atoms with E-state index in [-0.39, 0.29) is 6.04 Å². The van der Waals surface area contributed by atoms with Crippen molar-refractivity contribution in [2.45, 2.75) is 37.4 Å². The summed E-state index contributed by atoms with van der Waals surface area (Å²) in [7, 11) is 0.389. The van der Waals surface area contributed by atoms with Crippen LogP contribution in [0.3, 0.4) is 0 Å². The molecule has 6 nitrogen and oxygen atoms in total. The molecule has 0 aliphatic carbocycles. The summed E-state index contributed by atoms with van der Waals surface area (Å²) in [5, 5.41) is 4.32. The lowest BCUT2D eigenvalue weighted by Gasteiger charge is -2.30. The molecule has 0 N–H and O–H groups in total. The fraction of sp³-hybridized carbons (Fsp3) is 0.471. The SMILES string of the molecule is Cc1cccc(S(=O)(=O)N2Cc3ccnn3CC[C@H]2CN(C)C)c1. The quantitative estimate of drug-likeness (QED) is 0.844. The van der Waals surface area contributed by atoms with E-state index < -0.39 is 10.0 Å². The Bertz CT molecular complexity index is 814. The third-order valence-electron chi connectivity index (χ3n) is 4.38. The van der Waals surface area contributed by atoms with Crippen molar-refractivity contribution in [1.82, 2.24) is 19.0 Å². The maximum atomic E-state index is 13.3. The maximum absolute atomic E-state index is 13.3. The van der Waals surface area contributed by atoms with E-state index in [2.05, 4.69) is 5.10 Å². The lowest BCUT2D eigenvalue weighted by molar-refractivity contribution is 0.239. The number of rotatable bonds is 4. The lowest BCUT2D eigenvalue weighted by Crippen LogP contribution is -2.44. The molecule has 1 atom stereocenters. The summed E-state index contributed by atoms with van der Waals surface area (Å²) in [5.41, 5.74) is 1.88. The molecule has 0 amide bonds. The second kappa shape index (κ2) is 6.66. The van der Waals surface area contributed by atoms with Gasteiger partial charge >= 0.3 is 0 Å². The summed E-state index contributed by atoms with van der Waals surface area (Å²) >= 11 is 0. The maximum Gasteiger partial charge on any atom is 0.243 e. The van der Waals surface area contributed by atoms with Crippen LogP contribution in [0, 0.1) is 6.92 Å². The molecule has 130 valence electrons. The van der Waals surface area contributed by atoms with Crippen LogP contribution in [0.1, 0.15) is 17.7 Å². The molecule has 1 aromatic heterocycles. The average Bonchev–Trinajstić information content (AvgIpc) is 2.89. The Balaban J connectivity index is 2.02. The zero-order chi connectivity index (χ0) is 17.3. The smallest absolute Gasteiger partial charge is 0.243 e. The van der Waals surface area contributed by atoms with E-state index >= 15 is 0 Å². The number of likely N-dealkylation sites (N-methyl/N-ethyl adjacent to an activating group) is 1. The molecule has 7 heteroatoms. The summed E-state index contributed by atoms with van der Waals surface area (Å²) in [6.07, 6.45) is 2.48. The van der Waals surface area contributed by atoms with Crippen molar-refractivity contribution in [3.63, 3.8) is 0 Å². The minimum Gasteiger partial charge on any atom is -0.308 e. The Morgan fingerprint density at radius 1 is 1.29 bits per heavy atom. The van der Waals surface area contributed by atoms with E-state index in [0.29, 0.717) is 18.0 Å². The third kappa shape index (κ3) is 3.38. The Morgan fingerprint density at radius 3 is 2.79 bits per heavy atom. The fourth-order valence-electron chi connectivity index (χ4n) is 3.20. The summed E-state index contributed by atoms with van der Waals surface area (Å²) < 4.78 is 30.1. The number of hydrogen-bond donors (Lipinski definition) is 0. The molecule has 0 saturated carbocycles. The highest BCUT2D eigenvalue weighted by molar-refractivity contribution is 7.89. The van der Waals surface area contributed by atoms with Gasteiger partial charge in [-0.3, -0.25) is 4.68 Å². The van der Waals surface area contributed by atoms with E-state index in [1.807, 2.05) is 42.7 Å². The number of nitrogens with zero attached hydrogens (tertiary/aromatic N) is 4. The minimum atomic E-state index is -3.56. The van der Waals surface area contributed by atoms with E-state index in [4.69, 9.17) is 0 Å². The van der Waals surface area contributed by atoms with Gasteiger partial charge in [0.1, 0.15) is 0 Å². The first-order valence-corrected chi connectivity index (χ1v) is 9.56. The first-order chi connectivity index (χ1) is 11.4. The monoisotopic (exact) mass is 348 g/mol. The van der Waals surface area contributed by atoms with Crippen LogP contribution in [-0.2, 0) is 23.1 Å². The van der Waals surface area contributed by atoms with E-state index in [1.54, 1.807) is 28.7 Å². The molecule has 2 heterocycles. The molecule has 2 aromatic rings. The predicted octanol–water partition coefficient (Wildman–Crippen LogP) is 1.72. The van der Waals surface area contributed by atoms with Crippen LogP contribution < -0.4 is 0 Å². The molecule has 1 aliphatic heterocycles. The van der Waals surface area contributed by atoms with Crippen molar-refractivity contribution >= 4 is 10.0 Å². The van der Waals surface area contributed by atoms with Gasteiger partial charge in [0.25, 0.3) is 0 Å². The zero-order valence-electron chi connectivity index (χ0n) is 14.4. The predicted molar refractivity (Wildman–Crippen MR) is 93.1 cm³/mol. The molecule has 1 aromatic carbocycles. The standard InChI is InChI=1S/C17H24N4O2S/c1-14-5-4-6-17(11-14)24(22,23)21-13-15-7-9-18-20(15)10-8-16(21)12-19(2)3/h4-7,9,11,16H,8,10,12-13H2,1-3H3/t16-/m0/s1. The number of fused-ring (bicyclic) bond motifs is 1. The number of aromatic nitrogens is 2. The Hall–Kier alpha value is -1.70. The van der Waals surface area contributed by atoms with Gasteiger partial charge in [-0.1, -0.05) is 12.1 Å². The van der Waals surface area contributed by atoms with Crippen molar-refractivity contribution in [2.75, 3.05) is 20.6 Å². The molecule has 3 rings (SSSR count). The van der Waals surface area contributed by atoms with Crippen molar-refractivity contribution in [1.29, 1.82) is 0 Å². The minimum absolute atomic E-state index is 0.0767. The van der Waals surface area contributed by atoms with E-state index in [0.717, 1.165) is 24.2 Å². The third-order valence-corrected chi connectivity index (χ3v) is 6.27. The first-order valence-electron chi connectivity index (χ1n) is 8.12. The van der Waals surface area contributed by atoms with Gasteiger partial charge in [-0.05, 0) is 51.2 Å². The molecule has 0 radical (unpaired) electrons. The van der Waals surface area contributed by atoms with Crippen LogP contribution in [0.5, 0.6) is 0 Å². The Labute approximate surface area is 143 Å². The zero-order valence-corrected chi connectivity index (χ0v) is 15.2. The van der Waals surface area contributed by atoms with E-state index in [9.17, 15) is 8.42 Å². The molecule has 0 unspecified atom stereocenters. The fourth-order valence-corrected chi connectivity index (χ4v) is 4.92. The Kier molecular flexibility index (Phi) is 4.76. The number of sulfonamides is 1. The van der Waals surface area contributed by atoms with Crippen LogP contribution in [0.15, 0.2) is 41.4 Å². The normalized spacial score (nSPS) is 19.2. The topological polar surface area (TPSA) is 58.4 Å². The second-order valence-corrected chi connectivity index (χ2v) is 8.51. The Morgan fingerprint density at radius 2 is 2.08 bits per heavy atom. The highest BCUT2D eigenvalue weighted by Gasteiger charge is 2.34. The summed E-state index contributed by atoms with van der Waals surface area (Å²) in [6.45, 7) is 3.69. The van der Waals surface area contributed by atoms with Gasteiger partial charge in [0, 0.05) is 25.3 Å². The lowest BCUT2D eigenvalue weighted by atomic mass is 10.2. The number of aryl methyl sites for hydroxylation is 2. The van der Waals surface area contributed by atoms with Crippen LogP contribution in [0.4, 0.5) is 0 Å². The largest absolute Gasteiger partial charge is 0.308 e. The molecule has 0 bridgehead atoms. The van der Waals surface area contributed by atoms with Crippen LogP contribution in [-0.4, -0.2) is 54.1 Å². The average molecular weight is 348 g/mol. The van der Waals surface area contributed by atoms with Crippen molar-refractivity contribution in [3.05, 3.63) is 47.8 Å². The second-order valence-electron chi connectivity index (χ2n) is 6.62. The van der Waals surface area contributed by atoms with Crippen LogP contribution in [0.2, 0.25) is 0 Å². The first kappa shape index (κ1) is 17.1. The van der Waals surface area contributed by atoms with Crippen molar-refractivity contribution in [3.8, 4) is 0 Å². The van der Waals surface area contributed by atoms with Gasteiger partial charge in [-0.2, -0.15) is 9.40 Å². The molecule has 24 heavy (non-hydrogen) atoms. The molecule has 0 fully saturated rings.